The van der Waals surface area contributed by atoms with Crippen LogP contribution in [-0.4, -0.2) is 21.6 Å². The van der Waals surface area contributed by atoms with E-state index in [0.29, 0.717) is 0 Å². The molecule has 20 heteroatoms. The molecular formula is C10HI19O. The molecule has 0 heterocycles. The Hall–Kier alpha value is 13.8. The standard InChI is InChI=1S/C10HI19O/c11-1(12)2(13,14)4(17,18)6(21,22)8(25,26)10(29,30)9(27,28)7(23,24)5(19,20)3(1,15)16/h30H. The Balaban J connectivity index is 4.35. The SMILES string of the molecule is OC1(I)C(I)(I)C(I)(I)C(I)(I)C(I)(I)C(I)(I)C(I)(I)C(I)(I)C(I)(I)C1(I)I. The third-order valence-corrected chi connectivity index (χ3v) is 71.8. The number of alkyl halides is 19. The van der Waals surface area contributed by atoms with Gasteiger partial charge in [-0.1, -0.05) is 407 Å². The molecule has 1 saturated carbocycles. The van der Waals surface area contributed by atoms with Gasteiger partial charge >= 0.3 is 0 Å². The summed E-state index contributed by atoms with van der Waals surface area (Å²) in [6, 6.07) is 0. The highest BCUT2D eigenvalue weighted by atomic mass is 127. The van der Waals surface area contributed by atoms with Gasteiger partial charge in [0.15, 0.2) is 3.61 Å². The molecule has 1 nitrogen and oxygen atoms in total. The van der Waals surface area contributed by atoms with Crippen LogP contribution in [0, 0.1) is 0 Å². The lowest BCUT2D eigenvalue weighted by atomic mass is 9.98. The normalized spacial score (nSPS) is 34.0. The van der Waals surface area contributed by atoms with Gasteiger partial charge in [0.2, 0.25) is 0 Å². The van der Waals surface area contributed by atoms with Crippen LogP contribution < -0.4 is 0 Å². The summed E-state index contributed by atoms with van der Waals surface area (Å²) in [5.41, 5.74) is 0. The van der Waals surface area contributed by atoms with E-state index in [9.17, 15) is 5.11 Å². The Labute approximate surface area is 436 Å². The van der Waals surface area contributed by atoms with Crippen molar-refractivity contribution in [1.82, 2.24) is 0 Å². The molecule has 0 atom stereocenters. The van der Waals surface area contributed by atoms with E-state index in [2.05, 4.69) is 429 Å². The van der Waals surface area contributed by atoms with Crippen LogP contribution >= 0.6 is 429 Å². The van der Waals surface area contributed by atoms with E-state index in [4.69, 9.17) is 0 Å². The maximum Gasteiger partial charge on any atom is 0.166 e. The monoisotopic (exact) mass is 2550 g/mol. The summed E-state index contributed by atoms with van der Waals surface area (Å²) in [5, 5.41) is 12.5. The van der Waals surface area contributed by atoms with Gasteiger partial charge < -0.3 is 5.11 Å². The molecule has 1 aliphatic rings. The van der Waals surface area contributed by atoms with E-state index in [1.165, 1.54) is 0 Å². The average Bonchev–Trinajstić information content (AvgIpc) is 2.51. The Kier molecular flexibility index (Phi) is 19.2. The van der Waals surface area contributed by atoms with Crippen molar-refractivity contribution < 1.29 is 5.11 Å². The van der Waals surface area contributed by atoms with Crippen LogP contribution in [0.2, 0.25) is 0 Å². The molecule has 0 aromatic carbocycles. The average molecular weight is 2550 g/mol. The minimum atomic E-state index is -1.03. The smallest absolute Gasteiger partial charge is 0.166 e. The summed E-state index contributed by atoms with van der Waals surface area (Å²) >= 11 is 49.8. The first-order valence-corrected chi connectivity index (χ1v) is 26.8. The summed E-state index contributed by atoms with van der Waals surface area (Å²) in [6.45, 7) is 0. The lowest BCUT2D eigenvalue weighted by Gasteiger charge is -2.65. The van der Waals surface area contributed by atoms with Gasteiger partial charge in [0.1, 0.15) is 12.9 Å². The lowest BCUT2D eigenvalue weighted by Crippen LogP contribution is -2.77. The van der Waals surface area contributed by atoms with E-state index < -0.39 is 6.46 Å². The van der Waals surface area contributed by atoms with Crippen molar-refractivity contribution in [2.45, 2.75) is 16.5 Å². The second-order valence-electron chi connectivity index (χ2n) is 5.79. The molecule has 1 N–H and O–H groups in total. The molecule has 0 saturated heterocycles. The Morgan fingerprint density at radius 3 is 0.467 bits per heavy atom. The molecule has 0 amide bonds. The zero-order valence-corrected chi connectivity index (χ0v) is 53.6. The number of aliphatic hydroxyl groups is 1. The van der Waals surface area contributed by atoms with Crippen molar-refractivity contribution in [3.8, 4) is 0 Å². The second-order valence-corrected chi connectivity index (χ2v) is 55.1. The zero-order chi connectivity index (χ0) is 25.0. The van der Waals surface area contributed by atoms with Gasteiger partial charge in [0.25, 0.3) is 0 Å². The van der Waals surface area contributed by atoms with Crippen LogP contribution in [0.15, 0.2) is 0 Å². The van der Waals surface area contributed by atoms with E-state index in [1.807, 2.05) is 0 Å². The van der Waals surface area contributed by atoms with Crippen molar-refractivity contribution in [3.63, 3.8) is 0 Å². The van der Waals surface area contributed by atoms with Crippen molar-refractivity contribution in [2.75, 3.05) is 0 Å². The number of halogens is 19. The molecule has 180 valence electrons. The predicted molar refractivity (Wildman–Crippen MR) is 296 cm³/mol. The summed E-state index contributed by atoms with van der Waals surface area (Å²) in [5.74, 6) is 0. The lowest BCUT2D eigenvalue weighted by molar-refractivity contribution is 0.145. The Morgan fingerprint density at radius 2 is 0.333 bits per heavy atom. The molecule has 1 aliphatic carbocycles. The highest BCUT2D eigenvalue weighted by molar-refractivity contribution is 14.2. The van der Waals surface area contributed by atoms with E-state index in [0.717, 1.165) is 0 Å². The van der Waals surface area contributed by atoms with E-state index >= 15 is 0 Å². The molecule has 0 unspecified atom stereocenters. The molecule has 0 bridgehead atoms. The summed E-state index contributed by atoms with van der Waals surface area (Å²) in [7, 11) is 0. The van der Waals surface area contributed by atoms with Crippen LogP contribution in [0.25, 0.3) is 0 Å². The minimum Gasteiger partial charge on any atom is -0.375 e. The summed E-state index contributed by atoms with van der Waals surface area (Å²) in [4.78, 5) is 0. The van der Waals surface area contributed by atoms with Crippen molar-refractivity contribution >= 4 is 429 Å². The van der Waals surface area contributed by atoms with Crippen molar-refractivity contribution in [1.29, 1.82) is 0 Å². The van der Waals surface area contributed by atoms with Crippen LogP contribution in [-0.2, 0) is 0 Å². The Bertz CT molecular complexity index is 463. The van der Waals surface area contributed by atoms with Gasteiger partial charge in [-0.05, 0) is 22.6 Å². The summed E-state index contributed by atoms with van der Waals surface area (Å²) < 4.78 is -3.53. The van der Waals surface area contributed by atoms with Gasteiger partial charge in [-0.25, -0.2) is 0 Å². The fourth-order valence-electron chi connectivity index (χ4n) is 1.99. The van der Waals surface area contributed by atoms with E-state index in [1.54, 1.807) is 0 Å². The number of rotatable bonds is 0. The first kappa shape index (κ1) is 41.9. The maximum absolute atomic E-state index is 12.5. The quantitative estimate of drug-likeness (QED) is 0.189. The van der Waals surface area contributed by atoms with Gasteiger partial charge in [-0.3, -0.25) is 0 Å². The molecule has 1 fully saturated rings. The molecule has 1 rings (SSSR count). The summed E-state index contributed by atoms with van der Waals surface area (Å²) in [6.07, 6.45) is 0. The van der Waals surface area contributed by atoms with E-state index in [-0.39, 0.29) is 10.00 Å². The van der Waals surface area contributed by atoms with Crippen LogP contribution in [0.4, 0.5) is 0 Å². The topological polar surface area (TPSA) is 20.2 Å². The van der Waals surface area contributed by atoms with Crippen molar-refractivity contribution in [3.05, 3.63) is 0 Å². The molecule has 0 aliphatic heterocycles. The van der Waals surface area contributed by atoms with Crippen molar-refractivity contribution in [2.24, 2.45) is 0 Å². The highest BCUT2D eigenvalue weighted by Crippen LogP contribution is 2.84. The first-order chi connectivity index (χ1) is 12.5. The maximum atomic E-state index is 12.5. The fourth-order valence-corrected chi connectivity index (χ4v) is 35.9. The van der Waals surface area contributed by atoms with Gasteiger partial charge in [0.05, 0.1) is 0 Å². The second kappa shape index (κ2) is 13.7. The first-order valence-electron chi connectivity index (χ1n) is 6.31. The highest BCUT2D eigenvalue weighted by Gasteiger charge is 2.84. The van der Waals surface area contributed by atoms with Crippen LogP contribution in [0.3, 0.4) is 0 Å². The third kappa shape index (κ3) is 6.47. The minimum absolute atomic E-state index is 0.140. The molecule has 30 heavy (non-hydrogen) atoms. The number of hydrogen-bond donors (Lipinski definition) is 1. The molecule has 0 radical (unpaired) electrons. The van der Waals surface area contributed by atoms with Gasteiger partial charge in [-0.2, -0.15) is 0 Å². The van der Waals surface area contributed by atoms with Gasteiger partial charge in [0, 0.05) is 0 Å². The zero-order valence-electron chi connectivity index (χ0n) is 12.6. The molecule has 0 aromatic rings. The van der Waals surface area contributed by atoms with Gasteiger partial charge in [-0.15, -0.1) is 0 Å². The molecular weight excluding hydrogens is 2550 g/mol. The molecule has 0 aromatic heterocycles. The van der Waals surface area contributed by atoms with Crippen LogP contribution in [0.1, 0.15) is 0 Å². The largest absolute Gasteiger partial charge is 0.375 e. The predicted octanol–water partition coefficient (Wildman–Crippen LogP) is 14.2. The fraction of sp³-hybridized carbons (Fsp3) is 1.00. The number of hydrogen-bond acceptors (Lipinski definition) is 1. The third-order valence-electron chi connectivity index (χ3n) is 3.99. The Morgan fingerprint density at radius 1 is 0.233 bits per heavy atom. The van der Waals surface area contributed by atoms with Crippen LogP contribution in [0.5, 0.6) is 0 Å². The molecule has 0 spiro atoms.